The molecule has 5 rings (SSSR count). The molecule has 2 saturated carbocycles. The molecular weight excluding hydrogens is 576 g/mol. The summed E-state index contributed by atoms with van der Waals surface area (Å²) >= 11 is 0. The average molecular weight is 627 g/mol. The van der Waals surface area contributed by atoms with Gasteiger partial charge in [0.1, 0.15) is 48.8 Å². The second-order valence-electron chi connectivity index (χ2n) is 14.6. The molecule has 0 spiro atoms. The zero-order valence-electron chi connectivity index (χ0n) is 26.0. The number of allylic oxidation sites excluding steroid dienone is 3. The third-order valence-corrected chi connectivity index (χ3v) is 11.5. The van der Waals surface area contributed by atoms with Gasteiger partial charge >= 0.3 is 0 Å². The first kappa shape index (κ1) is 34.1. The highest BCUT2D eigenvalue weighted by molar-refractivity contribution is 5.97. The number of carbonyl (C=O) groups is 1. The Labute approximate surface area is 258 Å². The number of hydrogen-bond acceptors (Lipinski definition) is 12. The number of ketones is 1. The number of fused-ring (bicyclic) bond motifs is 3. The first-order valence-electron chi connectivity index (χ1n) is 15.7. The molecule has 0 bridgehead atoms. The zero-order chi connectivity index (χ0) is 32.4. The maximum Gasteiger partial charge on any atom is 0.187 e. The van der Waals surface area contributed by atoms with E-state index in [1.807, 2.05) is 6.08 Å². The SMILES string of the molecule is C=C[C@]1(C)C=C2C(=O)C[C@H]3C(C)(C)[C@@H](O[C@@H]4O[C@H](CO)[C@@H](O)[C@H](O)[C@H]4O[C@@H]4O[C@H](CO)[C@@H](O)[C@H](O)[C@H]4O)CC[C@]3(C)[C@H]2CC1. The van der Waals surface area contributed by atoms with Crippen molar-refractivity contribution in [3.63, 3.8) is 0 Å². The Morgan fingerprint density at radius 1 is 0.864 bits per heavy atom. The number of rotatable bonds is 7. The molecular formula is C32H50O12. The van der Waals surface area contributed by atoms with E-state index in [0.717, 1.165) is 24.8 Å². The molecule has 4 fully saturated rings. The topological polar surface area (TPSA) is 196 Å². The van der Waals surface area contributed by atoms with Gasteiger partial charge in [-0.1, -0.05) is 39.8 Å². The number of Topliss-reactive ketones (excluding diaryl/α,β-unsaturated/α-hetero) is 1. The predicted octanol–water partition coefficient (Wildman–Crippen LogP) is -0.0603. The van der Waals surface area contributed by atoms with Gasteiger partial charge in [-0.05, 0) is 53.9 Å². The summed E-state index contributed by atoms with van der Waals surface area (Å²) in [4.78, 5) is 13.6. The van der Waals surface area contributed by atoms with Crippen molar-refractivity contribution in [2.24, 2.45) is 28.1 Å². The van der Waals surface area contributed by atoms with Gasteiger partial charge in [-0.25, -0.2) is 0 Å². The van der Waals surface area contributed by atoms with Crippen LogP contribution in [0, 0.1) is 28.1 Å². The molecule has 2 heterocycles. The Balaban J connectivity index is 1.39. The second kappa shape index (κ2) is 12.4. The summed E-state index contributed by atoms with van der Waals surface area (Å²) in [7, 11) is 0. The molecule has 250 valence electrons. The van der Waals surface area contributed by atoms with Crippen LogP contribution in [0.5, 0.6) is 0 Å². The first-order valence-corrected chi connectivity index (χ1v) is 15.7. The fraction of sp³-hybridized carbons (Fsp3) is 0.844. The number of carbonyl (C=O) groups excluding carboxylic acids is 1. The normalized spacial score (nSPS) is 50.8. The van der Waals surface area contributed by atoms with Gasteiger partial charge in [0.05, 0.1) is 19.3 Å². The lowest BCUT2D eigenvalue weighted by Gasteiger charge is -2.61. The number of hydrogen-bond donors (Lipinski definition) is 7. The molecule has 5 aliphatic rings. The van der Waals surface area contributed by atoms with Crippen molar-refractivity contribution in [1.29, 1.82) is 0 Å². The van der Waals surface area contributed by atoms with E-state index in [4.69, 9.17) is 18.9 Å². The molecule has 0 radical (unpaired) electrons. The third-order valence-electron chi connectivity index (χ3n) is 11.5. The Kier molecular flexibility index (Phi) is 9.59. The van der Waals surface area contributed by atoms with Crippen molar-refractivity contribution in [1.82, 2.24) is 0 Å². The van der Waals surface area contributed by atoms with Gasteiger partial charge in [0.2, 0.25) is 0 Å². The molecule has 0 aromatic carbocycles. The maximum atomic E-state index is 13.6. The van der Waals surface area contributed by atoms with Crippen LogP contribution in [0.25, 0.3) is 0 Å². The molecule has 12 nitrogen and oxygen atoms in total. The van der Waals surface area contributed by atoms with Crippen LogP contribution in [-0.4, -0.2) is 122 Å². The fourth-order valence-electron chi connectivity index (χ4n) is 8.59. The molecule has 2 saturated heterocycles. The Hall–Kier alpha value is -1.29. The summed E-state index contributed by atoms with van der Waals surface area (Å²) in [6.45, 7) is 11.2. The fourth-order valence-corrected chi connectivity index (χ4v) is 8.59. The zero-order valence-corrected chi connectivity index (χ0v) is 26.0. The monoisotopic (exact) mass is 626 g/mol. The van der Waals surface area contributed by atoms with Crippen molar-refractivity contribution in [3.8, 4) is 0 Å². The van der Waals surface area contributed by atoms with Gasteiger partial charge in [-0.15, -0.1) is 6.58 Å². The van der Waals surface area contributed by atoms with Gasteiger partial charge in [0.25, 0.3) is 0 Å². The minimum absolute atomic E-state index is 0.0333. The summed E-state index contributed by atoms with van der Waals surface area (Å²) in [6.07, 6.45) is -8.09. The summed E-state index contributed by atoms with van der Waals surface area (Å²) in [6, 6.07) is 0. The summed E-state index contributed by atoms with van der Waals surface area (Å²) in [5, 5.41) is 72.2. The van der Waals surface area contributed by atoms with E-state index in [9.17, 15) is 40.5 Å². The van der Waals surface area contributed by atoms with Crippen molar-refractivity contribution in [2.75, 3.05) is 13.2 Å². The van der Waals surface area contributed by atoms with Gasteiger partial charge in [0, 0.05) is 11.8 Å². The number of aliphatic hydroxyl groups is 7. The maximum absolute atomic E-state index is 13.6. The first-order chi connectivity index (χ1) is 20.6. The molecule has 0 amide bonds. The van der Waals surface area contributed by atoms with E-state index in [2.05, 4.69) is 40.3 Å². The molecule has 44 heavy (non-hydrogen) atoms. The lowest BCUT2D eigenvalue weighted by Crippen LogP contribution is -2.65. The van der Waals surface area contributed by atoms with Crippen LogP contribution in [0.15, 0.2) is 24.3 Å². The van der Waals surface area contributed by atoms with Gasteiger partial charge < -0.3 is 54.7 Å². The minimum Gasteiger partial charge on any atom is -0.394 e. The molecule has 2 aliphatic heterocycles. The highest BCUT2D eigenvalue weighted by atomic mass is 16.8. The van der Waals surface area contributed by atoms with Crippen molar-refractivity contribution >= 4 is 5.78 Å². The van der Waals surface area contributed by atoms with Gasteiger partial charge in [-0.3, -0.25) is 4.79 Å². The lowest BCUT2D eigenvalue weighted by atomic mass is 9.44. The van der Waals surface area contributed by atoms with Crippen LogP contribution < -0.4 is 0 Å². The highest BCUT2D eigenvalue weighted by Crippen LogP contribution is 2.63. The van der Waals surface area contributed by atoms with Crippen LogP contribution >= 0.6 is 0 Å². The number of aliphatic hydroxyl groups excluding tert-OH is 7. The van der Waals surface area contributed by atoms with Crippen LogP contribution in [0.4, 0.5) is 0 Å². The quantitative estimate of drug-likeness (QED) is 0.147. The van der Waals surface area contributed by atoms with E-state index in [1.54, 1.807) is 0 Å². The van der Waals surface area contributed by atoms with Crippen molar-refractivity contribution < 1.29 is 59.5 Å². The summed E-state index contributed by atoms with van der Waals surface area (Å²) in [5.41, 5.74) is -0.00264. The number of ether oxygens (including phenoxy) is 4. The van der Waals surface area contributed by atoms with E-state index >= 15 is 0 Å². The smallest absolute Gasteiger partial charge is 0.187 e. The Bertz CT molecular complexity index is 1110. The van der Waals surface area contributed by atoms with E-state index < -0.39 is 86.1 Å². The predicted molar refractivity (Wildman–Crippen MR) is 155 cm³/mol. The lowest BCUT2D eigenvalue weighted by molar-refractivity contribution is -0.377. The van der Waals surface area contributed by atoms with Crippen LogP contribution in [0.2, 0.25) is 0 Å². The standard InChI is InChI=1S/C32H50O12/c1-6-31(4)9-7-16-15(12-31)17(35)11-20-30(2,3)21(8-10-32(16,20)5)43-29-27(25(39)23(37)19(14-34)42-29)44-28-26(40)24(38)22(36)18(13-33)41-28/h6,12,16,18-29,33-34,36-40H,1,7-11,13-14H2,2-5H3/t16-,18+,19+,20-,21-,22+,23+,24-,25-,26+,27+,28-,29-,31-,32+/m0/s1. The van der Waals surface area contributed by atoms with Crippen molar-refractivity contribution in [2.45, 2.75) is 127 Å². The largest absolute Gasteiger partial charge is 0.394 e. The van der Waals surface area contributed by atoms with E-state index in [1.165, 1.54) is 0 Å². The molecule has 7 N–H and O–H groups in total. The van der Waals surface area contributed by atoms with E-state index in [0.29, 0.717) is 12.8 Å². The minimum atomic E-state index is -1.76. The molecule has 0 unspecified atom stereocenters. The average Bonchev–Trinajstić information content (AvgIpc) is 2.99. The Morgan fingerprint density at radius 2 is 1.48 bits per heavy atom. The third kappa shape index (κ3) is 5.64. The van der Waals surface area contributed by atoms with Crippen LogP contribution in [-0.2, 0) is 23.7 Å². The van der Waals surface area contributed by atoms with Crippen LogP contribution in [0.3, 0.4) is 0 Å². The molecule has 15 atom stereocenters. The molecule has 3 aliphatic carbocycles. The highest BCUT2D eigenvalue weighted by Gasteiger charge is 2.61. The van der Waals surface area contributed by atoms with Gasteiger partial charge in [-0.2, -0.15) is 0 Å². The molecule has 12 heteroatoms. The van der Waals surface area contributed by atoms with Gasteiger partial charge in [0.15, 0.2) is 18.4 Å². The molecule has 0 aromatic rings. The molecule has 0 aromatic heterocycles. The Morgan fingerprint density at radius 3 is 2.09 bits per heavy atom. The summed E-state index contributed by atoms with van der Waals surface area (Å²) in [5.74, 6) is 0.218. The van der Waals surface area contributed by atoms with Crippen molar-refractivity contribution in [3.05, 3.63) is 24.3 Å². The summed E-state index contributed by atoms with van der Waals surface area (Å²) < 4.78 is 23.8. The van der Waals surface area contributed by atoms with E-state index in [-0.39, 0.29) is 28.4 Å². The van der Waals surface area contributed by atoms with Crippen LogP contribution in [0.1, 0.15) is 59.8 Å². The second-order valence-corrected chi connectivity index (χ2v) is 14.6.